The summed E-state index contributed by atoms with van der Waals surface area (Å²) in [5.74, 6) is 0.0225. The van der Waals surface area contributed by atoms with Gasteiger partial charge in [-0.1, -0.05) is 6.42 Å². The molecule has 12 heavy (non-hydrogen) atoms. The summed E-state index contributed by atoms with van der Waals surface area (Å²) in [7, 11) is 0. The average Bonchev–Trinajstić information content (AvgIpc) is 2.02. The van der Waals surface area contributed by atoms with Crippen molar-refractivity contribution in [2.24, 2.45) is 11.7 Å². The Morgan fingerprint density at radius 2 is 2.25 bits per heavy atom. The topological polar surface area (TPSA) is 55.1 Å². The molecule has 3 heteroatoms. The van der Waals surface area contributed by atoms with Crippen LogP contribution in [0.2, 0.25) is 0 Å². The lowest BCUT2D eigenvalue weighted by Crippen LogP contribution is -2.59. The van der Waals surface area contributed by atoms with Crippen LogP contribution in [-0.4, -0.2) is 18.0 Å². The van der Waals surface area contributed by atoms with E-state index in [4.69, 9.17) is 5.73 Å². The minimum absolute atomic E-state index is 0.109. The van der Waals surface area contributed by atoms with Crippen molar-refractivity contribution in [3.05, 3.63) is 0 Å². The molecule has 0 aromatic carbocycles. The zero-order valence-electron chi connectivity index (χ0n) is 7.31. The zero-order valence-corrected chi connectivity index (χ0v) is 7.31. The van der Waals surface area contributed by atoms with Gasteiger partial charge in [-0.25, -0.2) is 0 Å². The highest BCUT2D eigenvalue weighted by Crippen LogP contribution is 2.38. The van der Waals surface area contributed by atoms with Crippen LogP contribution in [0, 0.1) is 5.92 Å². The van der Waals surface area contributed by atoms with Gasteiger partial charge in [0.25, 0.3) is 0 Å². The van der Waals surface area contributed by atoms with E-state index >= 15 is 0 Å². The lowest BCUT2D eigenvalue weighted by molar-refractivity contribution is -0.124. The molecule has 1 aliphatic heterocycles. The minimum atomic E-state index is -0.109. The van der Waals surface area contributed by atoms with Gasteiger partial charge in [0.1, 0.15) is 0 Å². The van der Waals surface area contributed by atoms with Crippen LogP contribution in [-0.2, 0) is 4.79 Å². The molecule has 1 heterocycles. The maximum Gasteiger partial charge on any atom is 0.220 e. The molecule has 0 aromatic rings. The van der Waals surface area contributed by atoms with Gasteiger partial charge in [-0.05, 0) is 32.2 Å². The molecule has 1 saturated carbocycles. The predicted octanol–water partition coefficient (Wildman–Crippen LogP) is 0.394. The van der Waals surface area contributed by atoms with E-state index in [1.54, 1.807) is 0 Å². The van der Waals surface area contributed by atoms with Gasteiger partial charge in [0, 0.05) is 11.5 Å². The molecule has 2 fully saturated rings. The Morgan fingerprint density at radius 3 is 2.75 bits per heavy atom. The number of nitrogens with one attached hydrogen (secondary N) is 1. The van der Waals surface area contributed by atoms with Crippen LogP contribution in [0.25, 0.3) is 0 Å². The van der Waals surface area contributed by atoms with E-state index in [0.29, 0.717) is 5.54 Å². The van der Waals surface area contributed by atoms with E-state index in [1.807, 2.05) is 0 Å². The SMILES string of the molecule is NC(=O)C1CCCC2(CCN2)C1. The van der Waals surface area contributed by atoms with Gasteiger partial charge >= 0.3 is 0 Å². The second-order valence-electron chi connectivity index (χ2n) is 4.15. The number of primary amides is 1. The summed E-state index contributed by atoms with van der Waals surface area (Å²) < 4.78 is 0. The molecule has 1 aliphatic carbocycles. The van der Waals surface area contributed by atoms with Gasteiger partial charge in [-0.15, -0.1) is 0 Å². The molecule has 3 N–H and O–H groups in total. The highest BCUT2D eigenvalue weighted by atomic mass is 16.1. The molecule has 1 saturated heterocycles. The van der Waals surface area contributed by atoms with Gasteiger partial charge in [-0.3, -0.25) is 4.79 Å². The van der Waals surface area contributed by atoms with Crippen LogP contribution >= 0.6 is 0 Å². The van der Waals surface area contributed by atoms with Gasteiger partial charge in [0.2, 0.25) is 5.91 Å². The van der Waals surface area contributed by atoms with E-state index in [0.717, 1.165) is 25.8 Å². The number of carbonyl (C=O) groups is 1. The minimum Gasteiger partial charge on any atom is -0.369 e. The number of rotatable bonds is 1. The van der Waals surface area contributed by atoms with Gasteiger partial charge < -0.3 is 11.1 Å². The standard InChI is InChI=1S/C9H16N2O/c10-8(12)7-2-1-3-9(6-7)4-5-11-9/h7,11H,1-6H2,(H2,10,12). The van der Waals surface area contributed by atoms with Crippen molar-refractivity contribution < 1.29 is 4.79 Å². The van der Waals surface area contributed by atoms with Crippen LogP contribution < -0.4 is 11.1 Å². The smallest absolute Gasteiger partial charge is 0.220 e. The first-order valence-corrected chi connectivity index (χ1v) is 4.76. The molecule has 0 radical (unpaired) electrons. The van der Waals surface area contributed by atoms with Crippen molar-refractivity contribution in [1.82, 2.24) is 5.32 Å². The van der Waals surface area contributed by atoms with Crippen LogP contribution in [0.5, 0.6) is 0 Å². The number of amides is 1. The third kappa shape index (κ3) is 1.22. The Balaban J connectivity index is 1.98. The third-order valence-electron chi connectivity index (χ3n) is 3.35. The van der Waals surface area contributed by atoms with Gasteiger partial charge in [0.05, 0.1) is 0 Å². The summed E-state index contributed by atoms with van der Waals surface area (Å²) in [5, 5.41) is 3.44. The fourth-order valence-corrected chi connectivity index (χ4v) is 2.47. The van der Waals surface area contributed by atoms with E-state index in [-0.39, 0.29) is 11.8 Å². The molecular weight excluding hydrogens is 152 g/mol. The summed E-state index contributed by atoms with van der Waals surface area (Å²) in [4.78, 5) is 11.0. The van der Waals surface area contributed by atoms with Crippen molar-refractivity contribution in [2.75, 3.05) is 6.54 Å². The van der Waals surface area contributed by atoms with Crippen molar-refractivity contribution in [3.8, 4) is 0 Å². The first-order valence-electron chi connectivity index (χ1n) is 4.76. The van der Waals surface area contributed by atoms with Crippen LogP contribution in [0.3, 0.4) is 0 Å². The molecule has 2 atom stereocenters. The van der Waals surface area contributed by atoms with Crippen LogP contribution in [0.4, 0.5) is 0 Å². The first-order chi connectivity index (χ1) is 5.72. The maximum absolute atomic E-state index is 11.0. The lowest BCUT2D eigenvalue weighted by atomic mass is 9.70. The van der Waals surface area contributed by atoms with Crippen molar-refractivity contribution in [3.63, 3.8) is 0 Å². The first kappa shape index (κ1) is 8.05. The lowest BCUT2D eigenvalue weighted by Gasteiger charge is -2.48. The van der Waals surface area contributed by atoms with E-state index < -0.39 is 0 Å². The van der Waals surface area contributed by atoms with Crippen molar-refractivity contribution in [1.29, 1.82) is 0 Å². The fraction of sp³-hybridized carbons (Fsp3) is 0.889. The third-order valence-corrected chi connectivity index (χ3v) is 3.35. The largest absolute Gasteiger partial charge is 0.369 e. The molecule has 1 spiro atoms. The zero-order chi connectivity index (χ0) is 8.60. The second kappa shape index (κ2) is 2.73. The number of hydrogen-bond acceptors (Lipinski definition) is 2. The molecule has 2 unspecified atom stereocenters. The maximum atomic E-state index is 11.0. The summed E-state index contributed by atoms with van der Waals surface area (Å²) in [6.07, 6.45) is 5.59. The molecule has 0 bridgehead atoms. The summed E-state index contributed by atoms with van der Waals surface area (Å²) in [6.45, 7) is 1.12. The summed E-state index contributed by atoms with van der Waals surface area (Å²) in [6, 6.07) is 0. The molecule has 1 amide bonds. The predicted molar refractivity (Wildman–Crippen MR) is 46.5 cm³/mol. The highest BCUT2D eigenvalue weighted by Gasteiger charge is 2.41. The molecule has 68 valence electrons. The average molecular weight is 168 g/mol. The molecule has 2 rings (SSSR count). The monoisotopic (exact) mass is 168 g/mol. The van der Waals surface area contributed by atoms with Gasteiger partial charge in [0.15, 0.2) is 0 Å². The Labute approximate surface area is 72.7 Å². The van der Waals surface area contributed by atoms with E-state index in [2.05, 4.69) is 5.32 Å². The molecule has 0 aromatic heterocycles. The number of nitrogens with two attached hydrogens (primary N) is 1. The highest BCUT2D eigenvalue weighted by molar-refractivity contribution is 5.76. The van der Waals surface area contributed by atoms with E-state index in [1.165, 1.54) is 12.8 Å². The fourth-order valence-electron chi connectivity index (χ4n) is 2.47. The van der Waals surface area contributed by atoms with Gasteiger partial charge in [-0.2, -0.15) is 0 Å². The number of carbonyl (C=O) groups excluding carboxylic acids is 1. The van der Waals surface area contributed by atoms with E-state index in [9.17, 15) is 4.79 Å². The number of hydrogen-bond donors (Lipinski definition) is 2. The molecule has 2 aliphatic rings. The van der Waals surface area contributed by atoms with Crippen molar-refractivity contribution in [2.45, 2.75) is 37.6 Å². The summed E-state index contributed by atoms with van der Waals surface area (Å²) in [5.41, 5.74) is 5.60. The molecular formula is C9H16N2O. The quantitative estimate of drug-likeness (QED) is 0.595. The van der Waals surface area contributed by atoms with Crippen LogP contribution in [0.15, 0.2) is 0 Å². The van der Waals surface area contributed by atoms with Crippen molar-refractivity contribution >= 4 is 5.91 Å². The summed E-state index contributed by atoms with van der Waals surface area (Å²) >= 11 is 0. The normalized spacial score (nSPS) is 40.8. The van der Waals surface area contributed by atoms with Crippen LogP contribution in [0.1, 0.15) is 32.1 Å². The Morgan fingerprint density at radius 1 is 1.50 bits per heavy atom. The Kier molecular flexibility index (Phi) is 1.83. The Bertz CT molecular complexity index is 199. The second-order valence-corrected chi connectivity index (χ2v) is 4.15. The molecule has 3 nitrogen and oxygen atoms in total. The Hall–Kier alpha value is -0.570.